The molecule has 145 heavy (non-hydrogen) atoms. The molecule has 0 bridgehead atoms. The van der Waals surface area contributed by atoms with Crippen LogP contribution in [0.25, 0.3) is 236 Å². The number of nitrogens with zero attached hydrogens (tertiary/aromatic N) is 14. The van der Waals surface area contributed by atoms with Crippen LogP contribution in [0.3, 0.4) is 0 Å². The van der Waals surface area contributed by atoms with E-state index in [1.807, 2.05) is 11.3 Å². The molecule has 0 saturated heterocycles. The first-order chi connectivity index (χ1) is 72.0. The fourth-order valence-corrected chi connectivity index (χ4v) is 24.9. The van der Waals surface area contributed by atoms with Crippen LogP contribution < -0.4 is 14.7 Å². The molecule has 0 radical (unpaired) electrons. The Morgan fingerprint density at radius 1 is 0.159 bits per heavy atom. The van der Waals surface area contributed by atoms with Gasteiger partial charge < -0.3 is 23.8 Å². The van der Waals surface area contributed by atoms with Crippen molar-refractivity contribution in [2.24, 2.45) is 0 Å². The normalized spacial score (nSPS) is 12.5. The smallest absolute Gasteiger partial charge is 0.235 e. The maximum Gasteiger partial charge on any atom is 0.235 e. The SMILES string of the molecule is c1ccc(N2c3ccccc3-c3nc(-n4c5ccccc5c5c6ccccc6c6c(c7ccccc7n6-c6ccccc6)c54)nc4cccc2c34)cc1.c1ccc(N2c3ccccc3-c3nc(-n4c5ccccc5c5cc6c(cc54)c4ccccc4n6-c4ccccc4)nc4cccc2c34)cc1.c1ccc(N2c3ccccc3-c3nc(-n4c5ccccc5c5cc6c(cc54)sc4ccccc46)nc4cccc2c34)cc1. The van der Waals surface area contributed by atoms with Crippen LogP contribution in [0.4, 0.5) is 51.2 Å². The zero-order chi connectivity index (χ0) is 94.7. The fraction of sp³-hybridized carbons (Fsp3) is 0. The summed E-state index contributed by atoms with van der Waals surface area (Å²) < 4.78 is 14.2. The van der Waals surface area contributed by atoms with Crippen molar-refractivity contribution in [1.82, 2.24) is 52.7 Å². The number of rotatable bonds is 8. The topological polar surface area (TPSA) is 112 Å². The second-order valence-electron chi connectivity index (χ2n) is 37.5. The Morgan fingerprint density at radius 2 is 0.469 bits per heavy atom. The minimum atomic E-state index is 0.659. The summed E-state index contributed by atoms with van der Waals surface area (Å²) in [5.74, 6) is 2.01. The molecule has 33 rings (SSSR count). The lowest BCUT2D eigenvalue weighted by Crippen LogP contribution is -2.16. The monoisotopic (exact) mass is 1870 g/mol. The standard InChI is InChI=1S/C48H29N5.C44H27N5.C38H22N4S/c1-3-16-30(17-4-1)51-40-28-14-11-24-36(40)45-44-37(25-15-29-41(44)51)49-48(50-45)53-39-27-13-9-22-34(39)42-32-20-7-8-21-33(32)46-43(47(42)53)35-23-10-12-26-38(35)52(46)31-18-5-2-6-19-31;1-3-14-28(15-4-1)47-38-24-12-9-20-32(38)43-42-35(21-13-25-39(42)47)45-44(46-43)49-37-23-11-8-19-31(37)34-26-40-33(27-41(34)49)30-18-7-10-22-36(30)48(40)29-16-5-2-6-17-29;1-2-11-23(12-3-1)41-31-18-8-5-15-26(31)37-36-29(16-10-19-32(36)41)39-38(40-37)42-30-17-7-4-13-24(30)27-21-28-25-14-6-9-20-34(25)43-35(28)22-33(27)42/h1-29H;1-27H;1-22H. The van der Waals surface area contributed by atoms with Crippen LogP contribution in [0.15, 0.2) is 473 Å². The largest absolute Gasteiger partial charge is 0.309 e. The number of thiophene rings is 1. The minimum Gasteiger partial charge on any atom is -0.309 e. The summed E-state index contributed by atoms with van der Waals surface area (Å²) in [5, 5.41) is 20.2. The number of benzene rings is 21. The Labute approximate surface area is 832 Å². The van der Waals surface area contributed by atoms with E-state index in [2.05, 4.69) is 511 Å². The first kappa shape index (κ1) is 80.5. The lowest BCUT2D eigenvalue weighted by Gasteiger charge is -2.32. The van der Waals surface area contributed by atoms with Crippen molar-refractivity contribution in [1.29, 1.82) is 0 Å². The molecule has 0 saturated carbocycles. The Bertz CT molecular complexity index is 10700. The molecule has 30 aromatic rings. The van der Waals surface area contributed by atoms with Crippen LogP contribution in [0.5, 0.6) is 0 Å². The minimum absolute atomic E-state index is 0.659. The van der Waals surface area contributed by atoms with Gasteiger partial charge in [-0.05, 0) is 181 Å². The van der Waals surface area contributed by atoms with E-state index in [9.17, 15) is 0 Å². The maximum atomic E-state index is 5.59. The Morgan fingerprint density at radius 3 is 0.917 bits per heavy atom. The van der Waals surface area contributed by atoms with E-state index in [0.29, 0.717) is 17.8 Å². The van der Waals surface area contributed by atoms with Gasteiger partial charge in [-0.2, -0.15) is 0 Å². The second-order valence-corrected chi connectivity index (χ2v) is 38.6. The number of fused-ring (bicyclic) bond motifs is 28. The fourth-order valence-electron chi connectivity index (χ4n) is 23.8. The lowest BCUT2D eigenvalue weighted by atomic mass is 9.96. The van der Waals surface area contributed by atoms with E-state index in [1.54, 1.807) is 0 Å². The second kappa shape index (κ2) is 31.5. The van der Waals surface area contributed by atoms with Gasteiger partial charge in [0.25, 0.3) is 0 Å². The Hall–Kier alpha value is -19.5. The van der Waals surface area contributed by atoms with Gasteiger partial charge >= 0.3 is 0 Å². The third-order valence-electron chi connectivity index (χ3n) is 29.7. The molecule has 14 nitrogen and oxygen atoms in total. The van der Waals surface area contributed by atoms with Crippen molar-refractivity contribution in [3.8, 4) is 63.0 Å². The summed E-state index contributed by atoms with van der Waals surface area (Å²) in [6.07, 6.45) is 0. The molecule has 0 spiro atoms. The van der Waals surface area contributed by atoms with E-state index in [4.69, 9.17) is 29.9 Å². The molecular weight excluding hydrogens is 1790 g/mol. The van der Waals surface area contributed by atoms with E-state index in [-0.39, 0.29) is 0 Å². The molecule has 21 aromatic carbocycles. The molecular formula is C130H78N14S. The number of para-hydroxylation sites is 13. The highest BCUT2D eigenvalue weighted by Gasteiger charge is 2.36. The molecule has 0 atom stereocenters. The van der Waals surface area contributed by atoms with E-state index in [1.165, 1.54) is 101 Å². The van der Waals surface area contributed by atoms with Gasteiger partial charge in [-0.25, -0.2) is 29.9 Å². The highest BCUT2D eigenvalue weighted by atomic mass is 32.1. The average molecular weight is 1870 g/mol. The third kappa shape index (κ3) is 11.9. The van der Waals surface area contributed by atoms with Gasteiger partial charge in [-0.1, -0.05) is 297 Å². The molecule has 15 heteroatoms. The van der Waals surface area contributed by atoms with Crippen molar-refractivity contribution in [2.45, 2.75) is 0 Å². The summed E-state index contributed by atoms with van der Waals surface area (Å²) in [4.78, 5) is 39.5. The number of anilines is 9. The van der Waals surface area contributed by atoms with Crippen LogP contribution >= 0.6 is 11.3 Å². The van der Waals surface area contributed by atoms with Crippen molar-refractivity contribution in [3.63, 3.8) is 0 Å². The van der Waals surface area contributed by atoms with E-state index >= 15 is 0 Å². The molecule has 12 heterocycles. The molecule has 0 amide bonds. The predicted molar refractivity (Wildman–Crippen MR) is 602 cm³/mol. The average Bonchev–Trinajstić information content (AvgIpc) is 1.53. The predicted octanol–water partition coefficient (Wildman–Crippen LogP) is 34.2. The Balaban J connectivity index is 0.0000000995. The van der Waals surface area contributed by atoms with Crippen LogP contribution in [-0.2, 0) is 0 Å². The van der Waals surface area contributed by atoms with E-state index in [0.717, 1.165) is 168 Å². The van der Waals surface area contributed by atoms with Crippen molar-refractivity contribution >= 4 is 235 Å². The molecule has 9 aromatic heterocycles. The van der Waals surface area contributed by atoms with Crippen molar-refractivity contribution < 1.29 is 0 Å². The molecule has 0 N–H and O–H groups in total. The Kier molecular flexibility index (Phi) is 17.5. The van der Waals surface area contributed by atoms with E-state index < -0.39 is 0 Å². The quantitative estimate of drug-likeness (QED) is 0.147. The number of aromatic nitrogens is 11. The highest BCUT2D eigenvalue weighted by molar-refractivity contribution is 7.25. The maximum absolute atomic E-state index is 5.59. The molecule has 0 unspecified atom stereocenters. The molecule has 0 aliphatic carbocycles. The lowest BCUT2D eigenvalue weighted by molar-refractivity contribution is 1.01. The van der Waals surface area contributed by atoms with Gasteiger partial charge in [-0.3, -0.25) is 13.7 Å². The van der Waals surface area contributed by atoms with Gasteiger partial charge in [-0.15, -0.1) is 11.3 Å². The van der Waals surface area contributed by atoms with Crippen LogP contribution in [-0.4, -0.2) is 52.7 Å². The summed E-state index contributed by atoms with van der Waals surface area (Å²) in [6.45, 7) is 0. The molecule has 3 aliphatic rings. The number of hydrogen-bond acceptors (Lipinski definition) is 10. The first-order valence-corrected chi connectivity index (χ1v) is 49.9. The first-order valence-electron chi connectivity index (χ1n) is 49.1. The zero-order valence-electron chi connectivity index (χ0n) is 77.7. The molecule has 0 fully saturated rings. The van der Waals surface area contributed by atoms with Crippen LogP contribution in [0.1, 0.15) is 0 Å². The summed E-state index contributed by atoms with van der Waals surface area (Å²) >= 11 is 1.84. The van der Waals surface area contributed by atoms with Crippen LogP contribution in [0, 0.1) is 0 Å². The summed E-state index contributed by atoms with van der Waals surface area (Å²) in [6, 6.07) is 168. The molecule has 674 valence electrons. The number of hydrogen-bond donors (Lipinski definition) is 0. The van der Waals surface area contributed by atoms with Crippen molar-refractivity contribution in [2.75, 3.05) is 14.7 Å². The van der Waals surface area contributed by atoms with Gasteiger partial charge in [0.05, 0.1) is 139 Å². The molecule has 3 aliphatic heterocycles. The van der Waals surface area contributed by atoms with Crippen LogP contribution in [0.2, 0.25) is 0 Å². The van der Waals surface area contributed by atoms with Crippen molar-refractivity contribution in [3.05, 3.63) is 473 Å². The highest BCUT2D eigenvalue weighted by Crippen LogP contribution is 2.57. The van der Waals surface area contributed by atoms with Gasteiger partial charge in [0.2, 0.25) is 17.8 Å². The van der Waals surface area contributed by atoms with Gasteiger partial charge in [0, 0.05) is 125 Å². The van der Waals surface area contributed by atoms with Gasteiger partial charge in [0.1, 0.15) is 0 Å². The summed E-state index contributed by atoms with van der Waals surface area (Å²) in [5.41, 5.74) is 32.4. The third-order valence-corrected chi connectivity index (χ3v) is 30.9. The van der Waals surface area contributed by atoms with Gasteiger partial charge in [0.15, 0.2) is 0 Å². The summed E-state index contributed by atoms with van der Waals surface area (Å²) in [7, 11) is 0. The zero-order valence-corrected chi connectivity index (χ0v) is 78.5.